The van der Waals surface area contributed by atoms with E-state index in [1.165, 1.54) is 13.2 Å². The number of nitrogens with two attached hydrogens (primary N) is 2. The van der Waals surface area contributed by atoms with Crippen LogP contribution < -0.4 is 26.5 Å². The van der Waals surface area contributed by atoms with Crippen molar-refractivity contribution in [3.8, 4) is 22.6 Å². The predicted octanol–water partition coefficient (Wildman–Crippen LogP) is 1.56. The van der Waals surface area contributed by atoms with Crippen molar-refractivity contribution < 1.29 is 23.8 Å². The van der Waals surface area contributed by atoms with Crippen molar-refractivity contribution in [1.82, 2.24) is 5.43 Å². The molecule has 0 aliphatic heterocycles. The first-order valence-corrected chi connectivity index (χ1v) is 6.77. The molecule has 0 aliphatic rings. The summed E-state index contributed by atoms with van der Waals surface area (Å²) in [6, 6.07) is 11.1. The van der Waals surface area contributed by atoms with Crippen molar-refractivity contribution in [2.75, 3.05) is 7.11 Å². The molecule has 0 aromatic heterocycles. The van der Waals surface area contributed by atoms with Gasteiger partial charge < -0.3 is 20.3 Å². The molecule has 0 fully saturated rings. The fraction of sp³-hybridized carbons (Fsp3) is 0.0625. The second kappa shape index (κ2) is 7.34. The summed E-state index contributed by atoms with van der Waals surface area (Å²) in [6.45, 7) is 0. The summed E-state index contributed by atoms with van der Waals surface area (Å²) >= 11 is 0. The van der Waals surface area contributed by atoms with Gasteiger partial charge in [0.25, 0.3) is 0 Å². The zero-order valence-electron chi connectivity index (χ0n) is 12.7. The number of hydrazine groups is 1. The Labute approximate surface area is 137 Å². The molecule has 8 heteroatoms. The molecule has 126 valence electrons. The van der Waals surface area contributed by atoms with Gasteiger partial charge in [0.15, 0.2) is 17.3 Å². The van der Waals surface area contributed by atoms with Gasteiger partial charge in [0.05, 0.1) is 7.11 Å². The van der Waals surface area contributed by atoms with Crippen LogP contribution >= 0.6 is 0 Å². The highest BCUT2D eigenvalue weighted by Crippen LogP contribution is 2.28. The molecular weight excluding hydrogens is 317 g/mol. The Morgan fingerprint density at radius 2 is 1.79 bits per heavy atom. The summed E-state index contributed by atoms with van der Waals surface area (Å²) in [4.78, 5) is 10.8. The summed E-state index contributed by atoms with van der Waals surface area (Å²) in [5.74, 6) is 3.57. The van der Waals surface area contributed by atoms with Crippen LogP contribution in [0, 0.1) is 5.82 Å². The van der Waals surface area contributed by atoms with Crippen LogP contribution in [-0.4, -0.2) is 18.2 Å². The molecule has 0 saturated carbocycles. The Balaban J connectivity index is 2.25. The highest BCUT2D eigenvalue weighted by Gasteiger charge is 2.12. The molecular formula is C16H16FN3O4. The summed E-state index contributed by atoms with van der Waals surface area (Å²) in [5, 5.41) is 8.83. The Bertz CT molecular complexity index is 775. The lowest BCUT2D eigenvalue weighted by Crippen LogP contribution is -2.31. The van der Waals surface area contributed by atoms with Gasteiger partial charge in [-0.3, -0.25) is 5.43 Å². The van der Waals surface area contributed by atoms with Crippen molar-refractivity contribution in [3.63, 3.8) is 0 Å². The number of aliphatic carboxylic acids is 1. The van der Waals surface area contributed by atoms with Gasteiger partial charge in [0.2, 0.25) is 5.88 Å². The molecule has 0 unspecified atom stereocenters. The van der Waals surface area contributed by atoms with Crippen LogP contribution in [0.5, 0.6) is 11.5 Å². The first-order valence-electron chi connectivity index (χ1n) is 6.77. The van der Waals surface area contributed by atoms with E-state index in [1.54, 1.807) is 36.4 Å². The maximum absolute atomic E-state index is 13.4. The SMILES string of the molecule is COc1cc(-c2ccc(O/C(NN)=C(/N)C(=O)O)cc2)ccc1F. The lowest BCUT2D eigenvalue weighted by molar-refractivity contribution is -0.132. The van der Waals surface area contributed by atoms with Crippen LogP contribution in [-0.2, 0) is 4.79 Å². The van der Waals surface area contributed by atoms with Gasteiger partial charge in [-0.25, -0.2) is 15.0 Å². The minimum atomic E-state index is -1.36. The third-order valence-electron chi connectivity index (χ3n) is 3.16. The second-order valence-corrected chi connectivity index (χ2v) is 4.67. The summed E-state index contributed by atoms with van der Waals surface area (Å²) in [6.07, 6.45) is 0. The number of hydrogen-bond donors (Lipinski definition) is 4. The summed E-state index contributed by atoms with van der Waals surface area (Å²) in [5.41, 5.74) is 8.43. The van der Waals surface area contributed by atoms with E-state index in [0.717, 1.165) is 11.1 Å². The fourth-order valence-electron chi connectivity index (χ4n) is 1.93. The molecule has 0 radical (unpaired) electrons. The average molecular weight is 333 g/mol. The third kappa shape index (κ3) is 3.73. The standard InChI is InChI=1S/C16H16FN3O4/c1-23-13-8-10(4-7-12(13)17)9-2-5-11(6-3-9)24-15(20-19)14(18)16(21)22/h2-8,20H,18-19H2,1H3,(H,21,22)/b15-14+. The highest BCUT2D eigenvalue weighted by atomic mass is 19.1. The number of nitrogens with one attached hydrogen (secondary N) is 1. The van der Waals surface area contributed by atoms with Gasteiger partial charge in [-0.15, -0.1) is 0 Å². The van der Waals surface area contributed by atoms with Crippen LogP contribution in [0.4, 0.5) is 4.39 Å². The maximum Gasteiger partial charge on any atom is 0.357 e. The molecule has 2 rings (SSSR count). The predicted molar refractivity (Wildman–Crippen MR) is 85.2 cm³/mol. The summed E-state index contributed by atoms with van der Waals surface area (Å²) in [7, 11) is 1.39. The quantitative estimate of drug-likeness (QED) is 0.274. The molecule has 2 aromatic carbocycles. The van der Waals surface area contributed by atoms with Gasteiger partial charge >= 0.3 is 5.97 Å². The van der Waals surface area contributed by atoms with Gasteiger partial charge in [0.1, 0.15) is 5.75 Å². The number of carbonyl (C=O) groups is 1. The van der Waals surface area contributed by atoms with Crippen molar-refractivity contribution >= 4 is 5.97 Å². The van der Waals surface area contributed by atoms with Crippen molar-refractivity contribution in [3.05, 3.63) is 59.9 Å². The molecule has 0 bridgehead atoms. The number of carboxylic acids is 1. The third-order valence-corrected chi connectivity index (χ3v) is 3.16. The van der Waals surface area contributed by atoms with Crippen LogP contribution in [0.2, 0.25) is 0 Å². The first kappa shape index (κ1) is 17.1. The van der Waals surface area contributed by atoms with Gasteiger partial charge in [-0.2, -0.15) is 0 Å². The van der Waals surface area contributed by atoms with E-state index in [0.29, 0.717) is 5.75 Å². The second-order valence-electron chi connectivity index (χ2n) is 4.67. The van der Waals surface area contributed by atoms with E-state index in [4.69, 9.17) is 26.2 Å². The van der Waals surface area contributed by atoms with Crippen LogP contribution in [0.25, 0.3) is 11.1 Å². The summed E-state index contributed by atoms with van der Waals surface area (Å²) < 4.78 is 23.7. The normalized spacial score (nSPS) is 11.5. The van der Waals surface area contributed by atoms with Crippen LogP contribution in [0.1, 0.15) is 0 Å². The number of ether oxygens (including phenoxy) is 2. The number of rotatable bonds is 6. The number of halogens is 1. The molecule has 0 atom stereocenters. The maximum atomic E-state index is 13.4. The number of methoxy groups -OCH3 is 1. The zero-order valence-corrected chi connectivity index (χ0v) is 12.7. The Kier molecular flexibility index (Phi) is 5.23. The molecule has 0 saturated heterocycles. The molecule has 0 amide bonds. The number of benzene rings is 2. The molecule has 6 N–H and O–H groups in total. The molecule has 0 spiro atoms. The van der Waals surface area contributed by atoms with E-state index in [-0.39, 0.29) is 11.6 Å². The van der Waals surface area contributed by atoms with Crippen LogP contribution in [0.15, 0.2) is 54.0 Å². The molecule has 0 heterocycles. The molecule has 0 aliphatic carbocycles. The minimum Gasteiger partial charge on any atom is -0.494 e. The lowest BCUT2D eigenvalue weighted by Gasteiger charge is -2.11. The van der Waals surface area contributed by atoms with Gasteiger partial charge in [-0.05, 0) is 35.4 Å². The largest absolute Gasteiger partial charge is 0.494 e. The topological polar surface area (TPSA) is 120 Å². The molecule has 7 nitrogen and oxygen atoms in total. The van der Waals surface area contributed by atoms with Crippen molar-refractivity contribution in [1.29, 1.82) is 0 Å². The number of hydrogen-bond acceptors (Lipinski definition) is 6. The van der Waals surface area contributed by atoms with E-state index in [1.807, 2.05) is 0 Å². The zero-order chi connectivity index (χ0) is 17.7. The number of carboxylic acid groups (broad SMARTS) is 1. The molecule has 2 aromatic rings. The monoisotopic (exact) mass is 333 g/mol. The lowest BCUT2D eigenvalue weighted by atomic mass is 10.1. The van der Waals surface area contributed by atoms with E-state index in [9.17, 15) is 9.18 Å². The van der Waals surface area contributed by atoms with Crippen LogP contribution in [0.3, 0.4) is 0 Å². The average Bonchev–Trinajstić information content (AvgIpc) is 2.60. The first-order chi connectivity index (χ1) is 11.5. The fourth-order valence-corrected chi connectivity index (χ4v) is 1.93. The van der Waals surface area contributed by atoms with Gasteiger partial charge in [0, 0.05) is 0 Å². The van der Waals surface area contributed by atoms with Gasteiger partial charge in [-0.1, -0.05) is 18.2 Å². The smallest absolute Gasteiger partial charge is 0.357 e. The van der Waals surface area contributed by atoms with Crippen molar-refractivity contribution in [2.45, 2.75) is 0 Å². The minimum absolute atomic E-state index is 0.139. The Hall–Kier alpha value is -3.26. The highest BCUT2D eigenvalue weighted by molar-refractivity contribution is 5.85. The van der Waals surface area contributed by atoms with E-state index >= 15 is 0 Å². The Morgan fingerprint density at radius 3 is 2.33 bits per heavy atom. The molecule has 24 heavy (non-hydrogen) atoms. The van der Waals surface area contributed by atoms with Crippen molar-refractivity contribution in [2.24, 2.45) is 11.6 Å². The van der Waals surface area contributed by atoms with E-state index < -0.39 is 17.5 Å². The Morgan fingerprint density at radius 1 is 1.17 bits per heavy atom. The van der Waals surface area contributed by atoms with E-state index in [2.05, 4.69) is 5.43 Å².